The number of rotatable bonds is 8. The maximum Gasteiger partial charge on any atom is 0.251 e. The summed E-state index contributed by atoms with van der Waals surface area (Å²) in [7, 11) is 0. The maximum atomic E-state index is 12.3. The fourth-order valence-electron chi connectivity index (χ4n) is 3.30. The van der Waals surface area contributed by atoms with Gasteiger partial charge >= 0.3 is 0 Å². The Morgan fingerprint density at radius 1 is 1.17 bits per heavy atom. The molecule has 0 radical (unpaired) electrons. The van der Waals surface area contributed by atoms with Gasteiger partial charge in [0.05, 0.1) is 18.0 Å². The van der Waals surface area contributed by atoms with E-state index in [1.165, 1.54) is 0 Å². The van der Waals surface area contributed by atoms with Gasteiger partial charge in [-0.25, -0.2) is 4.68 Å². The molecule has 6 nitrogen and oxygen atoms in total. The molecule has 1 fully saturated rings. The predicted octanol–water partition coefficient (Wildman–Crippen LogP) is 3.40. The number of hydrogen-bond donors (Lipinski definition) is 1. The van der Waals surface area contributed by atoms with Crippen LogP contribution in [-0.4, -0.2) is 41.6 Å². The van der Waals surface area contributed by atoms with E-state index in [4.69, 9.17) is 9.47 Å². The number of benzene rings is 2. The van der Waals surface area contributed by atoms with Crippen LogP contribution >= 0.6 is 0 Å². The molecule has 1 aromatic heterocycles. The topological polar surface area (TPSA) is 65.4 Å². The van der Waals surface area contributed by atoms with Crippen molar-refractivity contribution in [2.24, 2.45) is 0 Å². The lowest BCUT2D eigenvalue weighted by molar-refractivity contribution is 0.0679. The van der Waals surface area contributed by atoms with E-state index in [1.807, 2.05) is 59.5 Å². The number of aromatic nitrogens is 2. The van der Waals surface area contributed by atoms with Crippen molar-refractivity contribution >= 4 is 5.91 Å². The molecule has 6 heteroatoms. The van der Waals surface area contributed by atoms with Gasteiger partial charge in [-0.3, -0.25) is 4.79 Å². The Balaban J connectivity index is 1.23. The highest BCUT2D eigenvalue weighted by Crippen LogP contribution is 2.16. The SMILES string of the molecule is O=C(NCCc1cnn(-c2ccccc2)c1)c1ccc(OCC2CCCO2)cc1. The summed E-state index contributed by atoms with van der Waals surface area (Å²) in [5.41, 5.74) is 2.71. The summed E-state index contributed by atoms with van der Waals surface area (Å²) in [6.45, 7) is 1.93. The minimum absolute atomic E-state index is 0.0915. The van der Waals surface area contributed by atoms with Crippen molar-refractivity contribution in [2.45, 2.75) is 25.4 Å². The van der Waals surface area contributed by atoms with Gasteiger partial charge in [0.2, 0.25) is 0 Å². The zero-order valence-electron chi connectivity index (χ0n) is 16.3. The van der Waals surface area contributed by atoms with E-state index in [1.54, 1.807) is 12.1 Å². The van der Waals surface area contributed by atoms with Crippen LogP contribution in [0.5, 0.6) is 5.75 Å². The molecule has 1 aliphatic rings. The van der Waals surface area contributed by atoms with Gasteiger partial charge in [-0.15, -0.1) is 0 Å². The molecular weight excluding hydrogens is 366 g/mol. The van der Waals surface area contributed by atoms with Gasteiger partial charge in [0, 0.05) is 24.9 Å². The van der Waals surface area contributed by atoms with Crippen molar-refractivity contribution < 1.29 is 14.3 Å². The lowest BCUT2D eigenvalue weighted by Crippen LogP contribution is -2.25. The summed E-state index contributed by atoms with van der Waals surface area (Å²) >= 11 is 0. The number of ether oxygens (including phenoxy) is 2. The molecule has 0 spiro atoms. The number of nitrogens with zero attached hydrogens (tertiary/aromatic N) is 2. The van der Waals surface area contributed by atoms with Crippen LogP contribution < -0.4 is 10.1 Å². The average molecular weight is 391 g/mol. The molecule has 1 amide bonds. The average Bonchev–Trinajstić information content (AvgIpc) is 3.45. The first-order chi connectivity index (χ1) is 14.3. The van der Waals surface area contributed by atoms with E-state index in [0.29, 0.717) is 18.7 Å². The number of amides is 1. The van der Waals surface area contributed by atoms with Gasteiger partial charge in [0.25, 0.3) is 5.91 Å². The lowest BCUT2D eigenvalue weighted by Gasteiger charge is -2.11. The van der Waals surface area contributed by atoms with E-state index < -0.39 is 0 Å². The summed E-state index contributed by atoms with van der Waals surface area (Å²) < 4.78 is 13.1. The standard InChI is InChI=1S/C23H25N3O3/c27-23(19-8-10-21(11-9-19)29-17-22-7-4-14-28-22)24-13-12-18-15-25-26(16-18)20-5-2-1-3-6-20/h1-3,5-6,8-11,15-16,22H,4,7,12-14,17H2,(H,24,27). The summed E-state index contributed by atoms with van der Waals surface area (Å²) in [6.07, 6.45) is 6.87. The van der Waals surface area contributed by atoms with Gasteiger partial charge in [-0.1, -0.05) is 18.2 Å². The van der Waals surface area contributed by atoms with Crippen molar-refractivity contribution in [3.05, 3.63) is 78.1 Å². The van der Waals surface area contributed by atoms with Crippen LogP contribution in [0.25, 0.3) is 5.69 Å². The molecular formula is C23H25N3O3. The highest BCUT2D eigenvalue weighted by molar-refractivity contribution is 5.94. The molecule has 1 atom stereocenters. The van der Waals surface area contributed by atoms with Crippen molar-refractivity contribution in [2.75, 3.05) is 19.8 Å². The monoisotopic (exact) mass is 391 g/mol. The Morgan fingerprint density at radius 2 is 2.00 bits per heavy atom. The molecule has 1 saturated heterocycles. The largest absolute Gasteiger partial charge is 0.491 e. The molecule has 0 aliphatic carbocycles. The third-order valence-corrected chi connectivity index (χ3v) is 4.93. The molecule has 4 rings (SSSR count). The summed E-state index contributed by atoms with van der Waals surface area (Å²) in [5, 5.41) is 7.34. The number of nitrogens with one attached hydrogen (secondary N) is 1. The minimum atomic E-state index is -0.0915. The Kier molecular flexibility index (Phi) is 6.22. The molecule has 2 aromatic carbocycles. The Labute approximate surface area is 170 Å². The van der Waals surface area contributed by atoms with E-state index in [9.17, 15) is 4.79 Å². The summed E-state index contributed by atoms with van der Waals surface area (Å²) in [4.78, 5) is 12.3. The number of para-hydroxylation sites is 1. The van der Waals surface area contributed by atoms with Crippen molar-refractivity contribution in [1.29, 1.82) is 0 Å². The number of carbonyl (C=O) groups is 1. The molecule has 1 N–H and O–H groups in total. The second-order valence-electron chi connectivity index (χ2n) is 7.11. The van der Waals surface area contributed by atoms with Gasteiger partial charge in [0.15, 0.2) is 0 Å². The molecule has 3 aromatic rings. The Morgan fingerprint density at radius 3 is 2.76 bits per heavy atom. The lowest BCUT2D eigenvalue weighted by atomic mass is 10.2. The van der Waals surface area contributed by atoms with Crippen LogP contribution in [0.2, 0.25) is 0 Å². The van der Waals surface area contributed by atoms with Crippen molar-refractivity contribution in [3.63, 3.8) is 0 Å². The van der Waals surface area contributed by atoms with Crippen molar-refractivity contribution in [1.82, 2.24) is 15.1 Å². The first-order valence-electron chi connectivity index (χ1n) is 9.99. The molecule has 150 valence electrons. The summed E-state index contributed by atoms with van der Waals surface area (Å²) in [6, 6.07) is 17.2. The van der Waals surface area contributed by atoms with Gasteiger partial charge in [-0.05, 0) is 61.2 Å². The van der Waals surface area contributed by atoms with Crippen LogP contribution in [0.3, 0.4) is 0 Å². The van der Waals surface area contributed by atoms with Gasteiger partial charge in [-0.2, -0.15) is 5.10 Å². The molecule has 1 aliphatic heterocycles. The highest BCUT2D eigenvalue weighted by atomic mass is 16.5. The first kappa shape index (κ1) is 19.2. The smallest absolute Gasteiger partial charge is 0.251 e. The van der Waals surface area contributed by atoms with Crippen molar-refractivity contribution in [3.8, 4) is 11.4 Å². The molecule has 1 unspecified atom stereocenters. The Bertz CT molecular complexity index is 916. The minimum Gasteiger partial charge on any atom is -0.491 e. The molecule has 29 heavy (non-hydrogen) atoms. The second kappa shape index (κ2) is 9.39. The zero-order valence-corrected chi connectivity index (χ0v) is 16.3. The van der Waals surface area contributed by atoms with Crippen LogP contribution in [0, 0.1) is 0 Å². The van der Waals surface area contributed by atoms with E-state index >= 15 is 0 Å². The van der Waals surface area contributed by atoms with E-state index in [-0.39, 0.29) is 12.0 Å². The van der Waals surface area contributed by atoms with Gasteiger partial charge in [0.1, 0.15) is 12.4 Å². The first-order valence-corrected chi connectivity index (χ1v) is 9.99. The summed E-state index contributed by atoms with van der Waals surface area (Å²) in [5.74, 6) is 0.663. The molecule has 0 bridgehead atoms. The normalized spacial score (nSPS) is 15.9. The highest BCUT2D eigenvalue weighted by Gasteiger charge is 2.16. The number of hydrogen-bond acceptors (Lipinski definition) is 4. The second-order valence-corrected chi connectivity index (χ2v) is 7.11. The Hall–Kier alpha value is -3.12. The fraction of sp³-hybridized carbons (Fsp3) is 0.304. The third-order valence-electron chi connectivity index (χ3n) is 4.93. The third kappa shape index (κ3) is 5.23. The number of carbonyl (C=O) groups excluding carboxylic acids is 1. The quantitative estimate of drug-likeness (QED) is 0.639. The van der Waals surface area contributed by atoms with Gasteiger partial charge < -0.3 is 14.8 Å². The molecule has 0 saturated carbocycles. The maximum absolute atomic E-state index is 12.3. The van der Waals surface area contributed by atoms with Crippen LogP contribution in [0.4, 0.5) is 0 Å². The van der Waals surface area contributed by atoms with E-state index in [2.05, 4.69) is 10.4 Å². The molecule has 2 heterocycles. The predicted molar refractivity (Wildman–Crippen MR) is 111 cm³/mol. The van der Waals surface area contributed by atoms with Crippen LogP contribution in [0.15, 0.2) is 67.0 Å². The van der Waals surface area contributed by atoms with Crippen LogP contribution in [-0.2, 0) is 11.2 Å². The van der Waals surface area contributed by atoms with E-state index in [0.717, 1.165) is 42.9 Å². The fourth-order valence-corrected chi connectivity index (χ4v) is 3.30. The zero-order chi connectivity index (χ0) is 19.9. The van der Waals surface area contributed by atoms with Crippen LogP contribution in [0.1, 0.15) is 28.8 Å².